The van der Waals surface area contributed by atoms with Gasteiger partial charge in [-0.3, -0.25) is 5.32 Å². The van der Waals surface area contributed by atoms with Crippen molar-refractivity contribution in [1.29, 1.82) is 0 Å². The fraction of sp³-hybridized carbons (Fsp3) is 0.312. The number of benzene rings is 1. The topological polar surface area (TPSA) is 58.1 Å². The van der Waals surface area contributed by atoms with Gasteiger partial charge in [-0.15, -0.1) is 0 Å². The first-order valence-electron chi connectivity index (χ1n) is 7.15. The average molecular weight is 282 g/mol. The van der Waals surface area contributed by atoms with Crippen LogP contribution in [0.4, 0.5) is 10.6 Å². The molecule has 0 bridgehead atoms. The Kier molecular flexibility index (Phi) is 3.81. The molecule has 1 aromatic carbocycles. The van der Waals surface area contributed by atoms with Crippen LogP contribution in [0.15, 0.2) is 42.9 Å². The molecule has 108 valence electrons. The second-order valence-electron chi connectivity index (χ2n) is 5.23. The van der Waals surface area contributed by atoms with Gasteiger partial charge < -0.3 is 4.90 Å². The van der Waals surface area contributed by atoms with Gasteiger partial charge in [0.15, 0.2) is 0 Å². The molecule has 2 heterocycles. The molecular weight excluding hydrogens is 264 g/mol. The van der Waals surface area contributed by atoms with Gasteiger partial charge in [-0.05, 0) is 37.0 Å². The van der Waals surface area contributed by atoms with Crippen molar-refractivity contribution in [1.82, 2.24) is 14.9 Å². The lowest BCUT2D eigenvalue weighted by Crippen LogP contribution is -2.34. The SMILES string of the molecule is Cc1ccccc1[C@H]1CCCN1C(=O)Nc1ccncn1. The smallest absolute Gasteiger partial charge is 0.317 e. The Bertz CT molecular complexity index is 629. The molecule has 1 aliphatic rings. The van der Waals surface area contributed by atoms with E-state index in [2.05, 4.69) is 34.3 Å². The summed E-state index contributed by atoms with van der Waals surface area (Å²) < 4.78 is 0. The minimum absolute atomic E-state index is 0.0977. The maximum absolute atomic E-state index is 12.5. The molecule has 5 heteroatoms. The van der Waals surface area contributed by atoms with Gasteiger partial charge in [0.1, 0.15) is 12.1 Å². The molecule has 1 N–H and O–H groups in total. The summed E-state index contributed by atoms with van der Waals surface area (Å²) >= 11 is 0. The minimum atomic E-state index is -0.0977. The number of hydrogen-bond donors (Lipinski definition) is 1. The van der Waals surface area contributed by atoms with Crippen LogP contribution in [0.25, 0.3) is 0 Å². The normalized spacial score (nSPS) is 17.8. The Morgan fingerprint density at radius 2 is 2.19 bits per heavy atom. The molecule has 0 radical (unpaired) electrons. The Morgan fingerprint density at radius 3 is 2.95 bits per heavy atom. The van der Waals surface area contributed by atoms with Crippen LogP contribution in [-0.2, 0) is 0 Å². The van der Waals surface area contributed by atoms with Crippen LogP contribution in [0.3, 0.4) is 0 Å². The third kappa shape index (κ3) is 2.86. The molecule has 0 unspecified atom stereocenters. The number of hydrogen-bond acceptors (Lipinski definition) is 3. The molecule has 0 spiro atoms. The largest absolute Gasteiger partial charge is 0.323 e. The molecule has 1 aliphatic heterocycles. The lowest BCUT2D eigenvalue weighted by atomic mass is 9.99. The van der Waals surface area contributed by atoms with Crippen molar-refractivity contribution in [2.24, 2.45) is 0 Å². The van der Waals surface area contributed by atoms with Gasteiger partial charge in [0.2, 0.25) is 0 Å². The fourth-order valence-electron chi connectivity index (χ4n) is 2.84. The standard InChI is InChI=1S/C16H18N4O/c1-12-5-2-3-6-13(12)14-7-4-10-20(14)16(21)19-15-8-9-17-11-18-15/h2-3,5-6,8-9,11,14H,4,7,10H2,1H3,(H,17,18,19,21)/t14-/m1/s1. The Hall–Kier alpha value is -2.43. The van der Waals surface area contributed by atoms with Crippen LogP contribution >= 0.6 is 0 Å². The zero-order chi connectivity index (χ0) is 14.7. The first kappa shape index (κ1) is 13.5. The van der Waals surface area contributed by atoms with Crippen molar-refractivity contribution in [3.8, 4) is 0 Å². The summed E-state index contributed by atoms with van der Waals surface area (Å²) in [5.74, 6) is 0.533. The van der Waals surface area contributed by atoms with Crippen LogP contribution in [0.5, 0.6) is 0 Å². The van der Waals surface area contributed by atoms with Crippen LogP contribution < -0.4 is 5.32 Å². The summed E-state index contributed by atoms with van der Waals surface area (Å²) in [5.41, 5.74) is 2.46. The molecule has 3 rings (SSSR count). The number of nitrogens with zero attached hydrogens (tertiary/aromatic N) is 3. The van der Waals surface area contributed by atoms with Gasteiger partial charge in [0.25, 0.3) is 0 Å². The van der Waals surface area contributed by atoms with E-state index >= 15 is 0 Å². The zero-order valence-electron chi connectivity index (χ0n) is 12.0. The molecule has 1 atom stereocenters. The number of urea groups is 1. The molecule has 21 heavy (non-hydrogen) atoms. The maximum atomic E-state index is 12.5. The van der Waals surface area contributed by atoms with Gasteiger partial charge in [-0.25, -0.2) is 14.8 Å². The lowest BCUT2D eigenvalue weighted by molar-refractivity contribution is 0.207. The van der Waals surface area contributed by atoms with E-state index in [1.807, 2.05) is 17.0 Å². The van der Waals surface area contributed by atoms with Gasteiger partial charge in [0.05, 0.1) is 6.04 Å². The predicted molar refractivity (Wildman–Crippen MR) is 80.9 cm³/mol. The monoisotopic (exact) mass is 282 g/mol. The Morgan fingerprint density at radius 1 is 1.33 bits per heavy atom. The molecule has 0 aliphatic carbocycles. The number of nitrogens with one attached hydrogen (secondary N) is 1. The Labute approximate surface area is 124 Å². The molecule has 1 saturated heterocycles. The second-order valence-corrected chi connectivity index (χ2v) is 5.23. The van der Waals surface area contributed by atoms with Crippen LogP contribution in [0, 0.1) is 6.92 Å². The summed E-state index contributed by atoms with van der Waals surface area (Å²) in [4.78, 5) is 22.2. The van der Waals surface area contributed by atoms with Crippen LogP contribution in [0.1, 0.15) is 30.0 Å². The van der Waals surface area contributed by atoms with E-state index in [9.17, 15) is 4.79 Å². The first-order chi connectivity index (χ1) is 10.3. The molecule has 0 saturated carbocycles. The van der Waals surface area contributed by atoms with E-state index in [1.54, 1.807) is 12.3 Å². The van der Waals surface area contributed by atoms with Crippen molar-refractivity contribution >= 4 is 11.8 Å². The zero-order valence-corrected chi connectivity index (χ0v) is 12.0. The predicted octanol–water partition coefficient (Wildman–Crippen LogP) is 3.15. The number of anilines is 1. The van der Waals surface area contributed by atoms with E-state index in [-0.39, 0.29) is 12.1 Å². The van der Waals surface area contributed by atoms with Gasteiger partial charge >= 0.3 is 6.03 Å². The van der Waals surface area contributed by atoms with E-state index in [4.69, 9.17) is 0 Å². The highest BCUT2D eigenvalue weighted by Crippen LogP contribution is 2.33. The molecule has 2 aromatic rings. The molecular formula is C16H18N4O. The highest BCUT2D eigenvalue weighted by atomic mass is 16.2. The molecule has 1 fully saturated rings. The van der Waals surface area contributed by atoms with E-state index in [1.165, 1.54) is 17.5 Å². The third-order valence-electron chi connectivity index (χ3n) is 3.88. The van der Waals surface area contributed by atoms with Crippen molar-refractivity contribution in [2.75, 3.05) is 11.9 Å². The summed E-state index contributed by atoms with van der Waals surface area (Å²) in [5, 5.41) is 2.84. The van der Waals surface area contributed by atoms with E-state index in [0.29, 0.717) is 5.82 Å². The maximum Gasteiger partial charge on any atom is 0.323 e. The number of carbonyl (C=O) groups is 1. The average Bonchev–Trinajstić information content (AvgIpc) is 2.98. The number of aromatic nitrogens is 2. The fourth-order valence-corrected chi connectivity index (χ4v) is 2.84. The third-order valence-corrected chi connectivity index (χ3v) is 3.88. The second kappa shape index (κ2) is 5.91. The molecule has 1 aromatic heterocycles. The van der Waals surface area contributed by atoms with Gasteiger partial charge in [-0.2, -0.15) is 0 Å². The number of aryl methyl sites for hydroxylation is 1. The Balaban J connectivity index is 1.78. The van der Waals surface area contributed by atoms with Gasteiger partial charge in [0, 0.05) is 12.7 Å². The summed E-state index contributed by atoms with van der Waals surface area (Å²) in [6, 6.07) is 9.99. The van der Waals surface area contributed by atoms with Gasteiger partial charge in [-0.1, -0.05) is 24.3 Å². The first-order valence-corrected chi connectivity index (χ1v) is 7.15. The van der Waals surface area contributed by atoms with Crippen molar-refractivity contribution in [3.63, 3.8) is 0 Å². The van der Waals surface area contributed by atoms with E-state index in [0.717, 1.165) is 19.4 Å². The lowest BCUT2D eigenvalue weighted by Gasteiger charge is -2.26. The summed E-state index contributed by atoms with van der Waals surface area (Å²) in [6.07, 6.45) is 5.07. The van der Waals surface area contributed by atoms with E-state index < -0.39 is 0 Å². The number of carbonyl (C=O) groups excluding carboxylic acids is 1. The summed E-state index contributed by atoms with van der Waals surface area (Å²) in [6.45, 7) is 2.87. The molecule has 5 nitrogen and oxygen atoms in total. The minimum Gasteiger partial charge on any atom is -0.317 e. The van der Waals surface area contributed by atoms with Crippen molar-refractivity contribution in [2.45, 2.75) is 25.8 Å². The van der Waals surface area contributed by atoms with Crippen molar-refractivity contribution in [3.05, 3.63) is 54.0 Å². The highest BCUT2D eigenvalue weighted by molar-refractivity contribution is 5.88. The quantitative estimate of drug-likeness (QED) is 0.920. The van der Waals surface area contributed by atoms with Crippen LogP contribution in [-0.4, -0.2) is 27.4 Å². The molecule has 2 amide bonds. The number of likely N-dealkylation sites (tertiary alicyclic amines) is 1. The summed E-state index contributed by atoms with van der Waals surface area (Å²) in [7, 11) is 0. The van der Waals surface area contributed by atoms with Crippen molar-refractivity contribution < 1.29 is 4.79 Å². The van der Waals surface area contributed by atoms with Crippen LogP contribution in [0.2, 0.25) is 0 Å². The number of amides is 2. The highest BCUT2D eigenvalue weighted by Gasteiger charge is 2.30. The number of rotatable bonds is 2.